The average molecular weight is 236 g/mol. The van der Waals surface area contributed by atoms with E-state index in [9.17, 15) is 0 Å². The highest BCUT2D eigenvalue weighted by Crippen LogP contribution is 2.59. The van der Waals surface area contributed by atoms with Gasteiger partial charge in [0.15, 0.2) is 0 Å². The van der Waals surface area contributed by atoms with E-state index in [4.69, 9.17) is 28.9 Å². The van der Waals surface area contributed by atoms with Gasteiger partial charge in [-0.2, -0.15) is 0 Å². The van der Waals surface area contributed by atoms with Crippen molar-refractivity contribution in [3.63, 3.8) is 0 Å². The summed E-state index contributed by atoms with van der Waals surface area (Å²) in [5, 5.41) is 0. The fourth-order valence-corrected chi connectivity index (χ4v) is 3.39. The molecular weight excluding hydrogens is 225 g/mol. The standard InChI is InChI=1S/C9H11Cl2NS/c1-9(2)6(7(9)12)4-3-5(10)13-8(4)11/h3,6-7H,12H2,1-2H3. The number of hydrogen-bond acceptors (Lipinski definition) is 2. The van der Waals surface area contributed by atoms with Crippen LogP contribution in [0.4, 0.5) is 0 Å². The fraction of sp³-hybridized carbons (Fsp3) is 0.556. The summed E-state index contributed by atoms with van der Waals surface area (Å²) in [4.78, 5) is 0. The summed E-state index contributed by atoms with van der Waals surface area (Å²) in [7, 11) is 0. The predicted octanol–water partition coefficient (Wildman–Crippen LogP) is 3.51. The molecule has 4 heteroatoms. The minimum absolute atomic E-state index is 0.175. The molecule has 0 aliphatic heterocycles. The molecule has 0 saturated heterocycles. The molecule has 1 nitrogen and oxygen atoms in total. The molecule has 2 N–H and O–H groups in total. The van der Waals surface area contributed by atoms with Gasteiger partial charge in [-0.05, 0) is 17.0 Å². The van der Waals surface area contributed by atoms with E-state index in [0.717, 1.165) is 14.2 Å². The number of nitrogens with two attached hydrogens (primary N) is 1. The molecule has 0 aromatic carbocycles. The topological polar surface area (TPSA) is 26.0 Å². The van der Waals surface area contributed by atoms with Crippen molar-refractivity contribution in [2.24, 2.45) is 11.1 Å². The molecule has 0 spiro atoms. The summed E-state index contributed by atoms with van der Waals surface area (Å²) in [6.07, 6.45) is 0. The second kappa shape index (κ2) is 2.86. The lowest BCUT2D eigenvalue weighted by Crippen LogP contribution is -2.06. The van der Waals surface area contributed by atoms with Crippen LogP contribution in [0, 0.1) is 5.41 Å². The Hall–Kier alpha value is 0.240. The highest BCUT2D eigenvalue weighted by molar-refractivity contribution is 7.20. The first kappa shape index (κ1) is 9.78. The number of hydrogen-bond donors (Lipinski definition) is 1. The number of thiophene rings is 1. The second-order valence-corrected chi connectivity index (χ2v) is 6.39. The van der Waals surface area contributed by atoms with Crippen LogP contribution in [0.1, 0.15) is 25.3 Å². The van der Waals surface area contributed by atoms with Crippen LogP contribution in [0.2, 0.25) is 8.67 Å². The van der Waals surface area contributed by atoms with Crippen molar-refractivity contribution >= 4 is 34.5 Å². The van der Waals surface area contributed by atoms with Crippen LogP contribution >= 0.6 is 34.5 Å². The third-order valence-electron chi connectivity index (χ3n) is 2.93. The zero-order valence-corrected chi connectivity index (χ0v) is 9.80. The van der Waals surface area contributed by atoms with E-state index < -0.39 is 0 Å². The molecular formula is C9H11Cl2NS. The Morgan fingerprint density at radius 3 is 2.31 bits per heavy atom. The molecule has 13 heavy (non-hydrogen) atoms. The number of rotatable bonds is 1. The highest BCUT2D eigenvalue weighted by Gasteiger charge is 2.57. The molecule has 72 valence electrons. The van der Waals surface area contributed by atoms with Gasteiger partial charge in [-0.1, -0.05) is 37.0 Å². The van der Waals surface area contributed by atoms with Crippen LogP contribution in [-0.2, 0) is 0 Å². The van der Waals surface area contributed by atoms with Gasteiger partial charge in [-0.25, -0.2) is 0 Å². The van der Waals surface area contributed by atoms with Crippen molar-refractivity contribution < 1.29 is 0 Å². The summed E-state index contributed by atoms with van der Waals surface area (Å²) < 4.78 is 1.53. The van der Waals surface area contributed by atoms with Gasteiger partial charge in [0.05, 0.1) is 8.67 Å². The van der Waals surface area contributed by atoms with Crippen molar-refractivity contribution in [3.05, 3.63) is 20.3 Å². The van der Waals surface area contributed by atoms with Crippen LogP contribution in [0.15, 0.2) is 6.07 Å². The molecule has 0 amide bonds. The minimum atomic E-state index is 0.175. The van der Waals surface area contributed by atoms with Crippen molar-refractivity contribution in [2.75, 3.05) is 0 Å². The smallest absolute Gasteiger partial charge is 0.0979 e. The summed E-state index contributed by atoms with van der Waals surface area (Å²) in [6.45, 7) is 4.31. The summed E-state index contributed by atoms with van der Waals surface area (Å²) in [5.74, 6) is 0.378. The largest absolute Gasteiger partial charge is 0.327 e. The lowest BCUT2D eigenvalue weighted by Gasteiger charge is -1.99. The zero-order chi connectivity index (χ0) is 9.80. The highest BCUT2D eigenvalue weighted by atomic mass is 35.5. The lowest BCUT2D eigenvalue weighted by molar-refractivity contribution is 0.599. The van der Waals surface area contributed by atoms with Crippen LogP contribution in [0.3, 0.4) is 0 Å². The first-order valence-electron chi connectivity index (χ1n) is 4.15. The molecule has 1 aliphatic rings. The van der Waals surface area contributed by atoms with Gasteiger partial charge in [0.2, 0.25) is 0 Å². The molecule has 1 aromatic rings. The Bertz CT molecular complexity index is 345. The van der Waals surface area contributed by atoms with Crippen molar-refractivity contribution in [2.45, 2.75) is 25.8 Å². The molecule has 2 unspecified atom stereocenters. The summed E-state index contributed by atoms with van der Waals surface area (Å²) in [6, 6.07) is 2.16. The van der Waals surface area contributed by atoms with E-state index in [-0.39, 0.29) is 11.5 Å². The van der Waals surface area contributed by atoms with Crippen LogP contribution in [-0.4, -0.2) is 6.04 Å². The summed E-state index contributed by atoms with van der Waals surface area (Å²) in [5.41, 5.74) is 7.25. The molecule has 2 atom stereocenters. The fourth-order valence-electron chi connectivity index (χ4n) is 1.84. The van der Waals surface area contributed by atoms with Crippen molar-refractivity contribution in [1.82, 2.24) is 0 Å². The normalized spacial score (nSPS) is 30.5. The van der Waals surface area contributed by atoms with Gasteiger partial charge in [0.25, 0.3) is 0 Å². The quantitative estimate of drug-likeness (QED) is 0.793. The van der Waals surface area contributed by atoms with E-state index >= 15 is 0 Å². The zero-order valence-electron chi connectivity index (χ0n) is 7.47. The first-order valence-corrected chi connectivity index (χ1v) is 5.72. The van der Waals surface area contributed by atoms with Crippen LogP contribution in [0.5, 0.6) is 0 Å². The van der Waals surface area contributed by atoms with E-state index in [2.05, 4.69) is 13.8 Å². The Kier molecular flexibility index (Phi) is 2.15. The SMILES string of the molecule is CC1(C)C(N)C1c1cc(Cl)sc1Cl. The Morgan fingerprint density at radius 1 is 1.46 bits per heavy atom. The first-order chi connectivity index (χ1) is 5.94. The van der Waals surface area contributed by atoms with Gasteiger partial charge in [0, 0.05) is 12.0 Å². The summed E-state index contributed by atoms with van der Waals surface area (Å²) >= 11 is 13.3. The minimum Gasteiger partial charge on any atom is -0.327 e. The number of halogens is 2. The molecule has 1 aromatic heterocycles. The molecule has 1 fully saturated rings. The maximum Gasteiger partial charge on any atom is 0.0979 e. The van der Waals surface area contributed by atoms with E-state index in [1.165, 1.54) is 11.3 Å². The average Bonchev–Trinajstić information content (AvgIpc) is 2.36. The molecule has 1 aliphatic carbocycles. The Morgan fingerprint density at radius 2 is 2.00 bits per heavy atom. The predicted molar refractivity (Wildman–Crippen MR) is 58.8 cm³/mol. The lowest BCUT2D eigenvalue weighted by atomic mass is 10.1. The van der Waals surface area contributed by atoms with Gasteiger partial charge >= 0.3 is 0 Å². The third kappa shape index (κ3) is 1.40. The van der Waals surface area contributed by atoms with Gasteiger partial charge < -0.3 is 5.73 Å². The molecule has 0 bridgehead atoms. The molecule has 1 heterocycles. The maximum absolute atomic E-state index is 6.05. The second-order valence-electron chi connectivity index (χ2n) is 4.10. The van der Waals surface area contributed by atoms with Crippen LogP contribution in [0.25, 0.3) is 0 Å². The van der Waals surface area contributed by atoms with Gasteiger partial charge in [-0.3, -0.25) is 0 Å². The van der Waals surface area contributed by atoms with Crippen molar-refractivity contribution in [3.8, 4) is 0 Å². The van der Waals surface area contributed by atoms with Crippen LogP contribution < -0.4 is 5.73 Å². The molecule has 1 saturated carbocycles. The Balaban J connectivity index is 2.34. The van der Waals surface area contributed by atoms with E-state index in [1.54, 1.807) is 0 Å². The van der Waals surface area contributed by atoms with Gasteiger partial charge in [0.1, 0.15) is 0 Å². The maximum atomic E-state index is 6.05. The van der Waals surface area contributed by atoms with Crippen molar-refractivity contribution in [1.29, 1.82) is 0 Å². The van der Waals surface area contributed by atoms with E-state index in [1.807, 2.05) is 6.07 Å². The molecule has 0 radical (unpaired) electrons. The Labute approximate surface area is 91.8 Å². The van der Waals surface area contributed by atoms with E-state index in [0.29, 0.717) is 5.92 Å². The molecule has 2 rings (SSSR count). The third-order valence-corrected chi connectivity index (χ3v) is 4.45. The monoisotopic (exact) mass is 235 g/mol. The van der Waals surface area contributed by atoms with Gasteiger partial charge in [-0.15, -0.1) is 11.3 Å².